The van der Waals surface area contributed by atoms with E-state index < -0.39 is 11.9 Å². The number of hydrogen-bond donors (Lipinski definition) is 1. The van der Waals surface area contributed by atoms with Crippen molar-refractivity contribution >= 4 is 17.5 Å². The molecule has 1 aliphatic rings. The third-order valence-electron chi connectivity index (χ3n) is 4.10. The first-order valence-electron chi connectivity index (χ1n) is 7.82. The van der Waals surface area contributed by atoms with Crippen molar-refractivity contribution in [3.8, 4) is 5.69 Å². The number of allylic oxidation sites excluding steroid dienone is 1. The summed E-state index contributed by atoms with van der Waals surface area (Å²) < 4.78 is 6.92. The number of carboxylic acids is 1. The normalized spacial score (nSPS) is 13.6. The molecule has 0 fully saturated rings. The van der Waals surface area contributed by atoms with Crippen LogP contribution in [0.4, 0.5) is 0 Å². The van der Waals surface area contributed by atoms with E-state index in [1.807, 2.05) is 29.7 Å². The van der Waals surface area contributed by atoms with Gasteiger partial charge < -0.3 is 14.4 Å². The van der Waals surface area contributed by atoms with Crippen LogP contribution in [0.25, 0.3) is 11.3 Å². The molecule has 0 radical (unpaired) electrons. The summed E-state index contributed by atoms with van der Waals surface area (Å²) in [5, 5.41) is 9.41. The van der Waals surface area contributed by atoms with Crippen molar-refractivity contribution in [2.24, 2.45) is 0 Å². The van der Waals surface area contributed by atoms with Crippen molar-refractivity contribution in [3.05, 3.63) is 53.3 Å². The van der Waals surface area contributed by atoms with Crippen LogP contribution in [0.1, 0.15) is 37.2 Å². The number of aromatic nitrogens is 2. The van der Waals surface area contributed by atoms with Gasteiger partial charge in [-0.05, 0) is 30.9 Å². The number of aryl methyl sites for hydroxylation is 1. The molecule has 0 unspecified atom stereocenters. The molecule has 0 atom stereocenters. The van der Waals surface area contributed by atoms with Gasteiger partial charge in [0.1, 0.15) is 6.33 Å². The fourth-order valence-corrected chi connectivity index (χ4v) is 3.10. The van der Waals surface area contributed by atoms with E-state index in [1.165, 1.54) is 12.5 Å². The molecular formula is C18H18N2O4. The molecule has 1 aliphatic heterocycles. The van der Waals surface area contributed by atoms with Crippen molar-refractivity contribution in [1.29, 1.82) is 0 Å². The Labute approximate surface area is 139 Å². The third-order valence-corrected chi connectivity index (χ3v) is 4.10. The summed E-state index contributed by atoms with van der Waals surface area (Å²) in [6.45, 7) is 3.01. The van der Waals surface area contributed by atoms with Crippen molar-refractivity contribution in [2.45, 2.75) is 33.1 Å². The zero-order valence-electron chi connectivity index (χ0n) is 13.6. The van der Waals surface area contributed by atoms with Crippen LogP contribution in [-0.4, -0.2) is 26.6 Å². The third kappa shape index (κ3) is 2.71. The second-order valence-electron chi connectivity index (χ2n) is 5.60. The van der Waals surface area contributed by atoms with Gasteiger partial charge in [0, 0.05) is 18.2 Å². The molecular weight excluding hydrogens is 308 g/mol. The van der Waals surface area contributed by atoms with Gasteiger partial charge in [-0.2, -0.15) is 0 Å². The Kier molecular flexibility index (Phi) is 4.20. The SMILES string of the molecule is CCC(=C(OC(C)=O)C(=O)O)c1ncn2c1CCc1ccccc1-2. The molecule has 0 spiro atoms. The number of hydrogen-bond acceptors (Lipinski definition) is 4. The first-order chi connectivity index (χ1) is 11.5. The molecule has 0 saturated carbocycles. The average Bonchev–Trinajstić information content (AvgIpc) is 2.98. The number of imidazole rings is 1. The van der Waals surface area contributed by atoms with Gasteiger partial charge >= 0.3 is 11.9 Å². The van der Waals surface area contributed by atoms with Crippen LogP contribution in [0.15, 0.2) is 36.4 Å². The van der Waals surface area contributed by atoms with Crippen LogP contribution < -0.4 is 0 Å². The van der Waals surface area contributed by atoms with Gasteiger partial charge in [0.25, 0.3) is 0 Å². The second kappa shape index (κ2) is 6.31. The zero-order valence-corrected chi connectivity index (χ0v) is 13.6. The van der Waals surface area contributed by atoms with Gasteiger partial charge in [-0.3, -0.25) is 4.79 Å². The molecule has 0 amide bonds. The summed E-state index contributed by atoms with van der Waals surface area (Å²) in [5.41, 5.74) is 4.25. The lowest BCUT2D eigenvalue weighted by Gasteiger charge is -2.20. The number of esters is 1. The minimum absolute atomic E-state index is 0.342. The van der Waals surface area contributed by atoms with Crippen molar-refractivity contribution in [3.63, 3.8) is 0 Å². The Morgan fingerprint density at radius 3 is 2.71 bits per heavy atom. The first kappa shape index (κ1) is 16.0. The van der Waals surface area contributed by atoms with E-state index in [4.69, 9.17) is 4.74 Å². The highest BCUT2D eigenvalue weighted by Crippen LogP contribution is 2.32. The van der Waals surface area contributed by atoms with E-state index in [9.17, 15) is 14.7 Å². The Morgan fingerprint density at radius 1 is 1.29 bits per heavy atom. The number of carbonyl (C=O) groups excluding carboxylic acids is 1. The minimum atomic E-state index is -1.26. The highest BCUT2D eigenvalue weighted by Gasteiger charge is 2.26. The van der Waals surface area contributed by atoms with Gasteiger partial charge in [-0.25, -0.2) is 9.78 Å². The summed E-state index contributed by atoms with van der Waals surface area (Å²) in [6, 6.07) is 8.06. The maximum atomic E-state index is 11.5. The molecule has 3 rings (SSSR count). The van der Waals surface area contributed by atoms with Crippen LogP contribution >= 0.6 is 0 Å². The number of para-hydroxylation sites is 1. The average molecular weight is 326 g/mol. The number of aliphatic carboxylic acids is 1. The van der Waals surface area contributed by atoms with Crippen LogP contribution in [0.3, 0.4) is 0 Å². The summed E-state index contributed by atoms with van der Waals surface area (Å²) in [4.78, 5) is 27.2. The van der Waals surface area contributed by atoms with Crippen molar-refractivity contribution < 1.29 is 19.4 Å². The molecule has 1 aromatic heterocycles. The number of benzene rings is 1. The van der Waals surface area contributed by atoms with Crippen LogP contribution in [0.2, 0.25) is 0 Å². The minimum Gasteiger partial charge on any atom is -0.475 e. The molecule has 2 heterocycles. The molecule has 1 aromatic carbocycles. The molecule has 124 valence electrons. The molecule has 0 bridgehead atoms. The quantitative estimate of drug-likeness (QED) is 0.531. The van der Waals surface area contributed by atoms with Gasteiger partial charge in [0.2, 0.25) is 5.76 Å². The van der Waals surface area contributed by atoms with Gasteiger partial charge in [0.15, 0.2) is 0 Å². The van der Waals surface area contributed by atoms with Crippen molar-refractivity contribution in [2.75, 3.05) is 0 Å². The predicted molar refractivity (Wildman–Crippen MR) is 87.6 cm³/mol. The van der Waals surface area contributed by atoms with E-state index in [2.05, 4.69) is 11.1 Å². The molecule has 6 nitrogen and oxygen atoms in total. The van der Waals surface area contributed by atoms with Crippen LogP contribution in [-0.2, 0) is 27.2 Å². The zero-order chi connectivity index (χ0) is 17.3. The molecule has 24 heavy (non-hydrogen) atoms. The molecule has 6 heteroatoms. The van der Waals surface area contributed by atoms with E-state index in [-0.39, 0.29) is 5.76 Å². The smallest absolute Gasteiger partial charge is 0.372 e. The predicted octanol–water partition coefficient (Wildman–Crippen LogP) is 2.74. The lowest BCUT2D eigenvalue weighted by atomic mass is 9.97. The van der Waals surface area contributed by atoms with E-state index in [0.29, 0.717) is 17.7 Å². The van der Waals surface area contributed by atoms with E-state index in [0.717, 1.165) is 24.2 Å². The maximum absolute atomic E-state index is 11.5. The fraction of sp³-hybridized carbons (Fsp3) is 0.278. The van der Waals surface area contributed by atoms with E-state index >= 15 is 0 Å². The van der Waals surface area contributed by atoms with E-state index in [1.54, 1.807) is 6.33 Å². The second-order valence-corrected chi connectivity index (χ2v) is 5.60. The highest BCUT2D eigenvalue weighted by atomic mass is 16.6. The Bertz CT molecular complexity index is 848. The highest BCUT2D eigenvalue weighted by molar-refractivity contribution is 5.96. The summed E-state index contributed by atoms with van der Waals surface area (Å²) in [6.07, 6.45) is 3.72. The largest absolute Gasteiger partial charge is 0.475 e. The monoisotopic (exact) mass is 326 g/mol. The standard InChI is InChI=1S/C18H18N2O4/c1-3-13(17(18(22)23)24-11(2)21)16-15-9-8-12-6-4-5-7-14(12)20(15)10-19-16/h4-7,10H,3,8-9H2,1-2H3,(H,22,23). The van der Waals surface area contributed by atoms with Crippen molar-refractivity contribution in [1.82, 2.24) is 9.55 Å². The number of fused-ring (bicyclic) bond motifs is 3. The van der Waals surface area contributed by atoms with Gasteiger partial charge in [-0.1, -0.05) is 25.1 Å². The molecule has 0 saturated heterocycles. The Balaban J connectivity index is 2.15. The van der Waals surface area contributed by atoms with Crippen LogP contribution in [0, 0.1) is 0 Å². The number of nitrogens with zero attached hydrogens (tertiary/aromatic N) is 2. The Morgan fingerprint density at radius 2 is 2.04 bits per heavy atom. The number of carboxylic acid groups (broad SMARTS) is 1. The summed E-state index contributed by atoms with van der Waals surface area (Å²) in [7, 11) is 0. The summed E-state index contributed by atoms with van der Waals surface area (Å²) in [5.74, 6) is -2.26. The first-order valence-corrected chi connectivity index (χ1v) is 7.82. The van der Waals surface area contributed by atoms with Gasteiger partial charge in [0.05, 0.1) is 11.4 Å². The number of ether oxygens (including phenoxy) is 1. The number of rotatable bonds is 4. The maximum Gasteiger partial charge on any atom is 0.372 e. The fourth-order valence-electron chi connectivity index (χ4n) is 3.10. The molecule has 0 aliphatic carbocycles. The summed E-state index contributed by atoms with van der Waals surface area (Å²) >= 11 is 0. The number of carbonyl (C=O) groups is 2. The van der Waals surface area contributed by atoms with Crippen LogP contribution in [0.5, 0.6) is 0 Å². The lowest BCUT2D eigenvalue weighted by Crippen LogP contribution is -2.14. The van der Waals surface area contributed by atoms with Gasteiger partial charge in [-0.15, -0.1) is 0 Å². The Hall–Kier alpha value is -2.89. The molecule has 2 aromatic rings. The lowest BCUT2D eigenvalue weighted by molar-refractivity contribution is -0.146. The topological polar surface area (TPSA) is 81.4 Å². The molecule has 1 N–H and O–H groups in total.